The number of rotatable bonds is 3. The second kappa shape index (κ2) is 6.78. The Morgan fingerprint density at radius 1 is 1.00 bits per heavy atom. The van der Waals surface area contributed by atoms with Crippen LogP contribution in [-0.4, -0.2) is 19.5 Å². The summed E-state index contributed by atoms with van der Waals surface area (Å²) in [5.74, 6) is 0.915. The van der Waals surface area contributed by atoms with Gasteiger partial charge < -0.3 is 9.47 Å². The Hall–Kier alpha value is -1.12. The largest absolute Gasteiger partial charge is 0.346 e. The molecule has 2 aliphatic carbocycles. The lowest BCUT2D eigenvalue weighted by Gasteiger charge is -2.26. The zero-order valence-corrected chi connectivity index (χ0v) is 14.3. The van der Waals surface area contributed by atoms with Gasteiger partial charge in [-0.15, -0.1) is 0 Å². The summed E-state index contributed by atoms with van der Waals surface area (Å²) in [7, 11) is 0. The van der Waals surface area contributed by atoms with Gasteiger partial charge in [-0.1, -0.05) is 50.3 Å². The third kappa shape index (κ3) is 3.25. The molecule has 1 saturated carbocycles. The van der Waals surface area contributed by atoms with Crippen LogP contribution in [0.5, 0.6) is 0 Å². The Balaban J connectivity index is 1.53. The van der Waals surface area contributed by atoms with E-state index in [-0.39, 0.29) is 6.29 Å². The van der Waals surface area contributed by atoms with Crippen molar-refractivity contribution in [1.29, 1.82) is 0 Å². The molecule has 0 unspecified atom stereocenters. The molecule has 0 aromatic heterocycles. The lowest BCUT2D eigenvalue weighted by molar-refractivity contribution is -0.0131. The van der Waals surface area contributed by atoms with Crippen LogP contribution in [0.3, 0.4) is 0 Å². The first-order chi connectivity index (χ1) is 11.3. The molecule has 3 aliphatic rings. The van der Waals surface area contributed by atoms with Crippen LogP contribution in [-0.2, 0) is 22.3 Å². The van der Waals surface area contributed by atoms with Gasteiger partial charge >= 0.3 is 0 Å². The zero-order valence-electron chi connectivity index (χ0n) is 14.3. The van der Waals surface area contributed by atoms with Gasteiger partial charge in [-0.05, 0) is 59.9 Å². The third-order valence-corrected chi connectivity index (χ3v) is 5.87. The Labute approximate surface area is 139 Å². The van der Waals surface area contributed by atoms with E-state index in [0.29, 0.717) is 0 Å². The van der Waals surface area contributed by atoms with Crippen LogP contribution in [0.2, 0.25) is 0 Å². The molecule has 0 radical (unpaired) electrons. The van der Waals surface area contributed by atoms with Crippen molar-refractivity contribution >= 4 is 5.57 Å². The minimum absolute atomic E-state index is 0.0925. The molecular weight excluding hydrogens is 284 g/mol. The topological polar surface area (TPSA) is 18.5 Å². The molecule has 2 fully saturated rings. The van der Waals surface area contributed by atoms with Gasteiger partial charge in [0.15, 0.2) is 6.29 Å². The Morgan fingerprint density at radius 3 is 2.57 bits per heavy atom. The lowest BCUT2D eigenvalue weighted by atomic mass is 9.81. The highest BCUT2D eigenvalue weighted by Crippen LogP contribution is 2.36. The molecule has 2 nitrogen and oxygen atoms in total. The summed E-state index contributed by atoms with van der Waals surface area (Å²) in [6.07, 6.45) is 10.6. The summed E-state index contributed by atoms with van der Waals surface area (Å²) in [6, 6.07) is 7.17. The number of aryl methyl sites for hydroxylation is 1. The van der Waals surface area contributed by atoms with Gasteiger partial charge in [0.05, 0.1) is 13.2 Å². The van der Waals surface area contributed by atoms with Crippen molar-refractivity contribution in [2.24, 2.45) is 5.92 Å². The van der Waals surface area contributed by atoms with Gasteiger partial charge in [0.2, 0.25) is 0 Å². The summed E-state index contributed by atoms with van der Waals surface area (Å²) in [4.78, 5) is 0. The molecule has 124 valence electrons. The number of hydrogen-bond donors (Lipinski definition) is 0. The van der Waals surface area contributed by atoms with Crippen molar-refractivity contribution in [3.63, 3.8) is 0 Å². The van der Waals surface area contributed by atoms with E-state index >= 15 is 0 Å². The smallest absolute Gasteiger partial charge is 0.180 e. The number of fused-ring (bicyclic) bond motifs is 1. The van der Waals surface area contributed by atoms with Crippen LogP contribution in [0.25, 0.3) is 5.57 Å². The van der Waals surface area contributed by atoms with Crippen molar-refractivity contribution in [3.05, 3.63) is 40.5 Å². The van der Waals surface area contributed by atoms with Crippen molar-refractivity contribution in [1.82, 2.24) is 0 Å². The van der Waals surface area contributed by atoms with Crippen molar-refractivity contribution < 1.29 is 9.47 Å². The average molecular weight is 312 g/mol. The maximum atomic E-state index is 5.72. The van der Waals surface area contributed by atoms with Crippen LogP contribution in [0.1, 0.15) is 62.1 Å². The molecular formula is C21H28O2. The van der Waals surface area contributed by atoms with E-state index in [4.69, 9.17) is 9.47 Å². The predicted molar refractivity (Wildman–Crippen MR) is 93.3 cm³/mol. The van der Waals surface area contributed by atoms with E-state index in [0.717, 1.165) is 32.0 Å². The van der Waals surface area contributed by atoms with E-state index in [1.807, 2.05) is 0 Å². The maximum absolute atomic E-state index is 5.72. The highest BCUT2D eigenvalue weighted by atomic mass is 16.7. The molecule has 23 heavy (non-hydrogen) atoms. The van der Waals surface area contributed by atoms with Crippen LogP contribution >= 0.6 is 0 Å². The van der Waals surface area contributed by atoms with Crippen LogP contribution < -0.4 is 0 Å². The molecule has 2 heteroatoms. The fourth-order valence-corrected chi connectivity index (χ4v) is 4.56. The first-order valence-corrected chi connectivity index (χ1v) is 9.36. The van der Waals surface area contributed by atoms with E-state index in [9.17, 15) is 0 Å². The first-order valence-electron chi connectivity index (χ1n) is 9.36. The van der Waals surface area contributed by atoms with Gasteiger partial charge in [0, 0.05) is 0 Å². The highest BCUT2D eigenvalue weighted by molar-refractivity contribution is 5.72. The Bertz CT molecular complexity index is 590. The third-order valence-electron chi connectivity index (χ3n) is 5.87. The maximum Gasteiger partial charge on any atom is 0.180 e. The Kier molecular flexibility index (Phi) is 4.54. The second-order valence-electron chi connectivity index (χ2n) is 7.42. The van der Waals surface area contributed by atoms with E-state index in [1.165, 1.54) is 60.8 Å². The monoisotopic (exact) mass is 312 g/mol. The SMILES string of the molecule is CC1=C(C2OCCO2)CCc2cc(CC3CCCCC3)ccc21. The molecule has 0 spiro atoms. The Morgan fingerprint density at radius 2 is 1.78 bits per heavy atom. The molecule has 0 N–H and O–H groups in total. The highest BCUT2D eigenvalue weighted by Gasteiger charge is 2.26. The number of ether oxygens (including phenoxy) is 2. The number of benzene rings is 1. The lowest BCUT2D eigenvalue weighted by Crippen LogP contribution is -2.17. The molecule has 1 aromatic carbocycles. The minimum atomic E-state index is -0.0925. The van der Waals surface area contributed by atoms with E-state index in [2.05, 4.69) is 25.1 Å². The minimum Gasteiger partial charge on any atom is -0.346 e. The van der Waals surface area contributed by atoms with Gasteiger partial charge in [-0.25, -0.2) is 0 Å². The molecule has 0 bridgehead atoms. The molecule has 1 saturated heterocycles. The standard InChI is InChI=1S/C21H28O2/c1-15-19-9-7-17(13-16-5-3-2-4-6-16)14-18(19)8-10-20(15)21-22-11-12-23-21/h7,9,14,16,21H,2-6,8,10-13H2,1H3. The number of allylic oxidation sites excluding steroid dienone is 1. The second-order valence-corrected chi connectivity index (χ2v) is 7.42. The summed E-state index contributed by atoms with van der Waals surface area (Å²) in [5, 5.41) is 0. The normalized spacial score (nSPS) is 23.3. The van der Waals surface area contributed by atoms with Gasteiger partial charge in [0.25, 0.3) is 0 Å². The van der Waals surface area contributed by atoms with Crippen molar-refractivity contribution in [3.8, 4) is 0 Å². The van der Waals surface area contributed by atoms with Gasteiger partial charge in [-0.3, -0.25) is 0 Å². The quantitative estimate of drug-likeness (QED) is 0.790. The fraction of sp³-hybridized carbons (Fsp3) is 0.619. The molecule has 1 heterocycles. The number of hydrogen-bond acceptors (Lipinski definition) is 2. The van der Waals surface area contributed by atoms with E-state index < -0.39 is 0 Å². The summed E-state index contributed by atoms with van der Waals surface area (Å²) in [6.45, 7) is 3.70. The van der Waals surface area contributed by atoms with Crippen LogP contribution in [0.15, 0.2) is 23.8 Å². The van der Waals surface area contributed by atoms with Crippen LogP contribution in [0.4, 0.5) is 0 Å². The molecule has 1 aromatic rings. The average Bonchev–Trinajstić information content (AvgIpc) is 3.10. The van der Waals surface area contributed by atoms with Crippen molar-refractivity contribution in [2.75, 3.05) is 13.2 Å². The molecule has 1 aliphatic heterocycles. The van der Waals surface area contributed by atoms with Crippen molar-refractivity contribution in [2.45, 2.75) is 64.6 Å². The fourth-order valence-electron chi connectivity index (χ4n) is 4.56. The first kappa shape index (κ1) is 15.4. The van der Waals surface area contributed by atoms with E-state index in [1.54, 1.807) is 5.56 Å². The predicted octanol–water partition coefficient (Wildman–Crippen LogP) is 4.90. The summed E-state index contributed by atoms with van der Waals surface area (Å²) < 4.78 is 11.4. The van der Waals surface area contributed by atoms with Crippen LogP contribution in [0, 0.1) is 5.92 Å². The molecule has 0 atom stereocenters. The summed E-state index contributed by atoms with van der Waals surface area (Å²) >= 11 is 0. The molecule has 4 rings (SSSR count). The molecule has 0 amide bonds. The van der Waals surface area contributed by atoms with Gasteiger partial charge in [0.1, 0.15) is 0 Å². The van der Waals surface area contributed by atoms with Gasteiger partial charge in [-0.2, -0.15) is 0 Å². The summed E-state index contributed by atoms with van der Waals surface area (Å²) in [5.41, 5.74) is 7.22. The zero-order chi connectivity index (χ0) is 15.6.